The Labute approximate surface area is 326 Å². The molecular formula is C40H52FN5O9S. The van der Waals surface area contributed by atoms with Crippen molar-refractivity contribution in [3.05, 3.63) is 42.4 Å². The third-order valence-electron chi connectivity index (χ3n) is 12.7. The van der Waals surface area contributed by atoms with Crippen molar-refractivity contribution in [3.63, 3.8) is 0 Å². The Hall–Kier alpha value is -4.47. The molecule has 3 aliphatic carbocycles. The first-order valence-electron chi connectivity index (χ1n) is 19.5. The molecule has 304 valence electrons. The molecule has 1 saturated heterocycles. The van der Waals surface area contributed by atoms with Gasteiger partial charge in [0.2, 0.25) is 27.7 Å². The molecule has 0 spiro atoms. The highest BCUT2D eigenvalue weighted by Gasteiger charge is 2.63. The van der Waals surface area contributed by atoms with Gasteiger partial charge in [0.25, 0.3) is 5.91 Å². The molecule has 4 fully saturated rings. The minimum Gasteiger partial charge on any atom is -0.496 e. The summed E-state index contributed by atoms with van der Waals surface area (Å²) in [6.45, 7) is 7.49. The molecule has 16 heteroatoms. The molecule has 4 amide bonds. The van der Waals surface area contributed by atoms with Crippen LogP contribution in [-0.4, -0.2) is 101 Å². The van der Waals surface area contributed by atoms with Crippen LogP contribution in [0.5, 0.6) is 11.6 Å². The van der Waals surface area contributed by atoms with E-state index < -0.39 is 80.0 Å². The normalized spacial score (nSPS) is 31.4. The van der Waals surface area contributed by atoms with E-state index in [0.29, 0.717) is 36.5 Å². The number of carbonyl (C=O) groups excluding carboxylic acids is 3. The zero-order chi connectivity index (χ0) is 40.4. The first-order chi connectivity index (χ1) is 26.4. The Bertz CT molecular complexity index is 2070. The molecule has 3 saturated carbocycles. The monoisotopic (exact) mass is 797 g/mol. The van der Waals surface area contributed by atoms with Gasteiger partial charge < -0.3 is 24.8 Å². The molecule has 1 aromatic carbocycles. The van der Waals surface area contributed by atoms with Crippen LogP contribution in [0, 0.1) is 29.0 Å². The SMILES string of the molecule is COc1cc(F)cc2c(O[C@@H]3C[C@H]4C(=O)N[C@]5(C(=O)NS(=O)(=O)C6(C)CC6)C[C@H]5/C=C\CC[C@@H](C)C[C@@H](C)[C@H](N(CC5(C)CC5)C(=O)O)C(=O)N4C3)nccc12. The van der Waals surface area contributed by atoms with E-state index in [4.69, 9.17) is 9.47 Å². The predicted octanol–water partition coefficient (Wildman–Crippen LogP) is 4.77. The number of nitrogens with zero attached hydrogens (tertiary/aromatic N) is 3. The van der Waals surface area contributed by atoms with E-state index in [9.17, 15) is 32.3 Å². The van der Waals surface area contributed by atoms with Crippen molar-refractivity contribution in [2.24, 2.45) is 23.2 Å². The summed E-state index contributed by atoms with van der Waals surface area (Å²) >= 11 is 0. The number of ether oxygens (including phenoxy) is 2. The number of pyridine rings is 1. The summed E-state index contributed by atoms with van der Waals surface area (Å²) in [7, 11) is -2.62. The maximum Gasteiger partial charge on any atom is 0.408 e. The summed E-state index contributed by atoms with van der Waals surface area (Å²) in [6.07, 6.45) is 7.61. The number of halogens is 1. The molecule has 1 aromatic heterocycles. The van der Waals surface area contributed by atoms with Crippen molar-refractivity contribution in [1.29, 1.82) is 0 Å². The summed E-state index contributed by atoms with van der Waals surface area (Å²) in [5.74, 6) is -3.20. The maximum absolute atomic E-state index is 15.1. The molecule has 0 bridgehead atoms. The summed E-state index contributed by atoms with van der Waals surface area (Å²) < 4.78 is 54.1. The summed E-state index contributed by atoms with van der Waals surface area (Å²) in [5, 5.41) is 14.3. The number of fused-ring (bicyclic) bond motifs is 3. The first-order valence-corrected chi connectivity index (χ1v) is 21.0. The van der Waals surface area contributed by atoms with Gasteiger partial charge in [-0.1, -0.05) is 32.9 Å². The second-order valence-electron chi connectivity index (χ2n) is 17.4. The highest BCUT2D eigenvalue weighted by molar-refractivity contribution is 7.91. The first kappa shape index (κ1) is 39.8. The van der Waals surface area contributed by atoms with Gasteiger partial charge in [-0.3, -0.25) is 24.0 Å². The van der Waals surface area contributed by atoms with Crippen LogP contribution in [0.1, 0.15) is 85.5 Å². The Morgan fingerprint density at radius 3 is 2.52 bits per heavy atom. The molecule has 7 atom stereocenters. The number of amides is 4. The van der Waals surface area contributed by atoms with E-state index in [1.54, 1.807) is 13.0 Å². The Balaban J connectivity index is 1.26. The number of nitrogens with one attached hydrogen (secondary N) is 2. The smallest absolute Gasteiger partial charge is 0.408 e. The van der Waals surface area contributed by atoms with Gasteiger partial charge in [0.05, 0.1) is 23.8 Å². The number of aromatic nitrogens is 1. The fourth-order valence-electron chi connectivity index (χ4n) is 8.50. The summed E-state index contributed by atoms with van der Waals surface area (Å²) in [6, 6.07) is 1.78. The van der Waals surface area contributed by atoms with Crippen molar-refractivity contribution in [1.82, 2.24) is 24.8 Å². The van der Waals surface area contributed by atoms with Crippen LogP contribution in [0.4, 0.5) is 9.18 Å². The van der Waals surface area contributed by atoms with Crippen molar-refractivity contribution >= 4 is 44.6 Å². The van der Waals surface area contributed by atoms with Crippen molar-refractivity contribution < 1.29 is 46.6 Å². The highest BCUT2D eigenvalue weighted by Crippen LogP contribution is 2.49. The average molecular weight is 798 g/mol. The number of hydrogen-bond acceptors (Lipinski definition) is 9. The van der Waals surface area contributed by atoms with Crippen LogP contribution in [0.25, 0.3) is 10.8 Å². The van der Waals surface area contributed by atoms with E-state index in [2.05, 4.69) is 21.9 Å². The van der Waals surface area contributed by atoms with Gasteiger partial charge >= 0.3 is 6.09 Å². The Morgan fingerprint density at radius 1 is 1.12 bits per heavy atom. The van der Waals surface area contributed by atoms with Gasteiger partial charge in [-0.2, -0.15) is 0 Å². The number of sulfonamides is 1. The fourth-order valence-corrected chi connectivity index (χ4v) is 9.81. The van der Waals surface area contributed by atoms with Crippen molar-refractivity contribution in [2.75, 3.05) is 20.2 Å². The van der Waals surface area contributed by atoms with Gasteiger partial charge in [0.1, 0.15) is 35.3 Å². The van der Waals surface area contributed by atoms with Gasteiger partial charge in [-0.05, 0) is 87.7 Å². The molecule has 3 N–H and O–H groups in total. The minimum absolute atomic E-state index is 0.0514. The van der Waals surface area contributed by atoms with Gasteiger partial charge in [0.15, 0.2) is 0 Å². The lowest BCUT2D eigenvalue weighted by atomic mass is 9.86. The molecule has 0 unspecified atom stereocenters. The number of rotatable bonds is 9. The lowest BCUT2D eigenvalue weighted by Crippen LogP contribution is -2.60. The molecule has 0 radical (unpaired) electrons. The summed E-state index contributed by atoms with van der Waals surface area (Å²) in [5.41, 5.74) is -1.86. The number of carbonyl (C=O) groups is 4. The molecule has 2 aliphatic heterocycles. The number of carboxylic acid groups (broad SMARTS) is 1. The van der Waals surface area contributed by atoms with Crippen LogP contribution < -0.4 is 19.5 Å². The number of allylic oxidation sites excluding steroid dienone is 1. The minimum atomic E-state index is -4.04. The number of hydrogen-bond donors (Lipinski definition) is 3. The molecule has 56 heavy (non-hydrogen) atoms. The molecule has 2 aromatic rings. The van der Waals surface area contributed by atoms with Crippen LogP contribution in [0.2, 0.25) is 0 Å². The van der Waals surface area contributed by atoms with Crippen molar-refractivity contribution in [3.8, 4) is 11.6 Å². The van der Waals surface area contributed by atoms with Crippen LogP contribution in [-0.2, 0) is 24.4 Å². The van der Waals surface area contributed by atoms with Crippen LogP contribution in [0.15, 0.2) is 36.5 Å². The van der Waals surface area contributed by atoms with E-state index in [1.165, 1.54) is 35.2 Å². The topological polar surface area (TPSA) is 185 Å². The standard InChI is InChI=1S/C40H52FN5O9S/c1-23-8-6-7-9-25-20-40(25,36(49)44-56(52,53)39(4)13-14-39)43-33(47)30-19-27(55-34-29-17-26(41)18-31(54-5)28(29)10-15-42-34)21-45(30)35(48)32(24(2)16-23)46(37(50)51)22-38(3)11-12-38/h7,9-10,15,17-18,23-25,27,30,32H,6,8,11-14,16,19-22H2,1-5H3,(H,43,47)(H,44,49)(H,50,51)/b9-7-/t23-,24-,25-,27-,30+,32+,40-/m1/s1. The molecule has 5 aliphatic rings. The van der Waals surface area contributed by atoms with E-state index >= 15 is 4.79 Å². The highest BCUT2D eigenvalue weighted by atomic mass is 32.2. The summed E-state index contributed by atoms with van der Waals surface area (Å²) in [4.78, 5) is 63.5. The van der Waals surface area contributed by atoms with E-state index in [1.807, 2.05) is 26.0 Å². The lowest BCUT2D eigenvalue weighted by Gasteiger charge is -2.38. The molecular weight excluding hydrogens is 746 g/mol. The fraction of sp³-hybridized carbons (Fsp3) is 0.625. The predicted molar refractivity (Wildman–Crippen MR) is 204 cm³/mol. The Morgan fingerprint density at radius 2 is 1.86 bits per heavy atom. The molecule has 7 rings (SSSR count). The second kappa shape index (κ2) is 14.5. The zero-order valence-corrected chi connectivity index (χ0v) is 33.4. The quantitative estimate of drug-likeness (QED) is 0.299. The van der Waals surface area contributed by atoms with Crippen molar-refractivity contribution in [2.45, 2.75) is 114 Å². The molecule has 3 heterocycles. The van der Waals surface area contributed by atoms with Gasteiger partial charge in [0, 0.05) is 36.5 Å². The second-order valence-corrected chi connectivity index (χ2v) is 19.6. The van der Waals surface area contributed by atoms with Crippen LogP contribution in [0.3, 0.4) is 0 Å². The van der Waals surface area contributed by atoms with Gasteiger partial charge in [-0.15, -0.1) is 0 Å². The van der Waals surface area contributed by atoms with E-state index in [-0.39, 0.29) is 48.9 Å². The maximum atomic E-state index is 15.1. The Kier molecular flexibility index (Phi) is 10.3. The largest absolute Gasteiger partial charge is 0.496 e. The third-order valence-corrected chi connectivity index (χ3v) is 14.9. The van der Waals surface area contributed by atoms with Gasteiger partial charge in [-0.25, -0.2) is 22.6 Å². The third kappa shape index (κ3) is 7.64. The molecule has 14 nitrogen and oxygen atoms in total. The lowest BCUT2D eigenvalue weighted by molar-refractivity contribution is -0.144. The number of methoxy groups -OCH3 is 1. The number of benzene rings is 1. The van der Waals surface area contributed by atoms with Crippen LogP contribution >= 0.6 is 0 Å². The van der Waals surface area contributed by atoms with E-state index in [0.717, 1.165) is 19.3 Å². The zero-order valence-electron chi connectivity index (χ0n) is 32.5. The average Bonchev–Trinajstić information content (AvgIpc) is 4.09.